The van der Waals surface area contributed by atoms with Crippen molar-refractivity contribution in [2.45, 2.75) is 31.8 Å². The highest BCUT2D eigenvalue weighted by atomic mass is 35.5. The molecule has 0 radical (unpaired) electrons. The van der Waals surface area contributed by atoms with Crippen molar-refractivity contribution in [2.24, 2.45) is 0 Å². The van der Waals surface area contributed by atoms with Gasteiger partial charge in [-0.3, -0.25) is 4.79 Å². The Morgan fingerprint density at radius 3 is 2.95 bits per heavy atom. The minimum Gasteiger partial charge on any atom is -0.394 e. The molecule has 0 bridgehead atoms. The van der Waals surface area contributed by atoms with Crippen molar-refractivity contribution in [3.63, 3.8) is 0 Å². The first-order valence-electron chi connectivity index (χ1n) is 6.29. The number of carbonyl (C=O) groups is 1. The molecule has 0 aromatic rings. The number of ether oxygens (including phenoxy) is 1. The first kappa shape index (κ1) is 15.1. The predicted molar refractivity (Wildman–Crippen MR) is 73.2 cm³/mol. The van der Waals surface area contributed by atoms with Gasteiger partial charge in [0.2, 0.25) is 0 Å². The maximum Gasteiger partial charge on any atom is 0.258 e. The van der Waals surface area contributed by atoms with Crippen LogP contribution in [0.15, 0.2) is 35.3 Å². The molecule has 2 rings (SSSR count). The second-order valence-electron chi connectivity index (χ2n) is 4.53. The summed E-state index contributed by atoms with van der Waals surface area (Å²) in [6.07, 6.45) is 3.37. The number of amides is 1. The molecule has 20 heavy (non-hydrogen) atoms. The molecular formula is C13H17ClN2O4. The summed E-state index contributed by atoms with van der Waals surface area (Å²) in [7, 11) is 0. The molecule has 2 aliphatic heterocycles. The Morgan fingerprint density at radius 1 is 1.65 bits per heavy atom. The lowest BCUT2D eigenvalue weighted by Gasteiger charge is -2.33. The van der Waals surface area contributed by atoms with Crippen molar-refractivity contribution in [3.05, 3.63) is 35.3 Å². The summed E-state index contributed by atoms with van der Waals surface area (Å²) in [5, 5.41) is 21.6. The number of rotatable bonds is 3. The van der Waals surface area contributed by atoms with Gasteiger partial charge >= 0.3 is 0 Å². The van der Waals surface area contributed by atoms with Gasteiger partial charge in [0.05, 0.1) is 18.3 Å². The van der Waals surface area contributed by atoms with Gasteiger partial charge in [-0.15, -0.1) is 0 Å². The monoisotopic (exact) mass is 300 g/mol. The highest BCUT2D eigenvalue weighted by molar-refractivity contribution is 6.26. The summed E-state index contributed by atoms with van der Waals surface area (Å²) in [4.78, 5) is 13.5. The van der Waals surface area contributed by atoms with Crippen molar-refractivity contribution >= 4 is 17.5 Å². The summed E-state index contributed by atoms with van der Waals surface area (Å²) in [6.45, 7) is 1.54. The van der Waals surface area contributed by atoms with Crippen molar-refractivity contribution < 1.29 is 19.7 Å². The van der Waals surface area contributed by atoms with Crippen LogP contribution in [0.25, 0.3) is 0 Å². The number of nitrogens with zero attached hydrogens (tertiary/aromatic N) is 1. The Hall–Kier alpha value is -1.34. The Morgan fingerprint density at radius 2 is 2.40 bits per heavy atom. The average Bonchev–Trinajstić information content (AvgIpc) is 2.81. The van der Waals surface area contributed by atoms with Gasteiger partial charge in [0.25, 0.3) is 5.91 Å². The van der Waals surface area contributed by atoms with E-state index in [2.05, 4.69) is 5.32 Å². The van der Waals surface area contributed by atoms with E-state index in [-0.39, 0.29) is 12.5 Å². The van der Waals surface area contributed by atoms with Crippen LogP contribution in [0.2, 0.25) is 0 Å². The summed E-state index contributed by atoms with van der Waals surface area (Å²) in [5.74, 6) is 0.306. The number of hydrogen-bond acceptors (Lipinski definition) is 5. The SMILES string of the molecule is CC=C1NC(=O)C(/C=C/Cl)=CN1C1CC(O)C(CO)O1. The third-order valence-corrected chi connectivity index (χ3v) is 3.40. The fourth-order valence-corrected chi connectivity index (χ4v) is 2.36. The third-order valence-electron chi connectivity index (χ3n) is 3.27. The van der Waals surface area contributed by atoms with Gasteiger partial charge in [-0.05, 0) is 19.1 Å². The molecule has 3 N–H and O–H groups in total. The molecule has 0 aliphatic carbocycles. The minimum atomic E-state index is -0.735. The molecule has 2 aliphatic rings. The molecule has 6 nitrogen and oxygen atoms in total. The lowest BCUT2D eigenvalue weighted by molar-refractivity contribution is -0.118. The summed E-state index contributed by atoms with van der Waals surface area (Å²) in [5.41, 5.74) is 1.64. The smallest absolute Gasteiger partial charge is 0.258 e. The van der Waals surface area contributed by atoms with Crippen LogP contribution >= 0.6 is 11.6 Å². The molecule has 2 heterocycles. The Balaban J connectivity index is 2.26. The van der Waals surface area contributed by atoms with E-state index in [1.54, 1.807) is 24.1 Å². The van der Waals surface area contributed by atoms with Gasteiger partial charge in [0.15, 0.2) is 0 Å². The van der Waals surface area contributed by atoms with Crippen molar-refractivity contribution in [1.29, 1.82) is 0 Å². The van der Waals surface area contributed by atoms with Gasteiger partial charge in [-0.25, -0.2) is 0 Å². The molecular weight excluding hydrogens is 284 g/mol. The molecule has 0 spiro atoms. The molecule has 0 saturated carbocycles. The van der Waals surface area contributed by atoms with E-state index < -0.39 is 18.4 Å². The maximum atomic E-state index is 11.8. The average molecular weight is 301 g/mol. The number of aliphatic hydroxyl groups excluding tert-OH is 2. The van der Waals surface area contributed by atoms with E-state index >= 15 is 0 Å². The summed E-state index contributed by atoms with van der Waals surface area (Å²) < 4.78 is 5.59. The zero-order valence-corrected chi connectivity index (χ0v) is 11.7. The summed E-state index contributed by atoms with van der Waals surface area (Å²) in [6, 6.07) is 0. The van der Waals surface area contributed by atoms with E-state index in [0.717, 1.165) is 0 Å². The van der Waals surface area contributed by atoms with Crippen molar-refractivity contribution in [3.8, 4) is 0 Å². The Labute approximate surface area is 122 Å². The second kappa shape index (κ2) is 6.41. The van der Waals surface area contributed by atoms with E-state index in [0.29, 0.717) is 17.8 Å². The largest absolute Gasteiger partial charge is 0.394 e. The molecule has 3 atom stereocenters. The van der Waals surface area contributed by atoms with E-state index in [1.807, 2.05) is 0 Å². The van der Waals surface area contributed by atoms with Crippen LogP contribution in [0.5, 0.6) is 0 Å². The number of allylic oxidation sites excluding steroid dienone is 1. The molecule has 0 aromatic heterocycles. The zero-order chi connectivity index (χ0) is 14.7. The fraction of sp³-hybridized carbons (Fsp3) is 0.462. The number of carbonyl (C=O) groups excluding carboxylic acids is 1. The van der Waals surface area contributed by atoms with Crippen LogP contribution < -0.4 is 5.32 Å². The van der Waals surface area contributed by atoms with Crippen LogP contribution in [-0.4, -0.2) is 46.1 Å². The molecule has 3 unspecified atom stereocenters. The number of hydrogen-bond donors (Lipinski definition) is 3. The van der Waals surface area contributed by atoms with Gasteiger partial charge in [0, 0.05) is 18.2 Å². The van der Waals surface area contributed by atoms with E-state index in [4.69, 9.17) is 21.4 Å². The van der Waals surface area contributed by atoms with Crippen molar-refractivity contribution in [1.82, 2.24) is 10.2 Å². The van der Waals surface area contributed by atoms with E-state index in [1.165, 1.54) is 11.6 Å². The quantitative estimate of drug-likeness (QED) is 0.702. The molecule has 1 saturated heterocycles. The highest BCUT2D eigenvalue weighted by Crippen LogP contribution is 2.28. The van der Waals surface area contributed by atoms with Gasteiger partial charge in [-0.2, -0.15) is 0 Å². The third kappa shape index (κ3) is 2.88. The van der Waals surface area contributed by atoms with Gasteiger partial charge < -0.3 is 25.2 Å². The molecule has 0 aromatic carbocycles. The summed E-state index contributed by atoms with van der Waals surface area (Å²) >= 11 is 5.51. The Bertz CT molecular complexity index is 475. The standard InChI is InChI=1S/C13H17ClN2O4/c1-2-11-15-13(19)8(3-4-14)6-16(11)12-5-9(18)10(7-17)20-12/h2-4,6,9-10,12,17-18H,5,7H2,1H3,(H,15,19)/b4-3+,11-2?. The van der Waals surface area contributed by atoms with E-state index in [9.17, 15) is 9.90 Å². The number of halogens is 1. The number of aliphatic hydroxyl groups is 2. The topological polar surface area (TPSA) is 82.0 Å². The van der Waals surface area contributed by atoms with Crippen LogP contribution in [0.3, 0.4) is 0 Å². The fourth-order valence-electron chi connectivity index (χ4n) is 2.23. The highest BCUT2D eigenvalue weighted by Gasteiger charge is 2.38. The molecule has 7 heteroatoms. The van der Waals surface area contributed by atoms with Crippen molar-refractivity contribution in [2.75, 3.05) is 6.61 Å². The predicted octanol–water partition coefficient (Wildman–Crippen LogP) is 0.384. The normalized spacial score (nSPS) is 32.9. The van der Waals surface area contributed by atoms with Crippen LogP contribution in [0, 0.1) is 0 Å². The first-order valence-corrected chi connectivity index (χ1v) is 6.73. The van der Waals surface area contributed by atoms with Crippen LogP contribution in [0.4, 0.5) is 0 Å². The second-order valence-corrected chi connectivity index (χ2v) is 4.78. The molecule has 1 amide bonds. The first-order chi connectivity index (χ1) is 9.60. The van der Waals surface area contributed by atoms with Crippen LogP contribution in [-0.2, 0) is 9.53 Å². The van der Waals surface area contributed by atoms with Gasteiger partial charge in [0.1, 0.15) is 18.2 Å². The lowest BCUT2D eigenvalue weighted by atomic mass is 10.1. The maximum absolute atomic E-state index is 11.8. The van der Waals surface area contributed by atoms with Gasteiger partial charge in [-0.1, -0.05) is 11.6 Å². The molecule has 1 fully saturated rings. The zero-order valence-electron chi connectivity index (χ0n) is 11.0. The lowest BCUT2D eigenvalue weighted by Crippen LogP contribution is -2.43. The molecule has 110 valence electrons. The number of nitrogens with one attached hydrogen (secondary N) is 1. The Kier molecular flexibility index (Phi) is 4.82. The van der Waals surface area contributed by atoms with Crippen LogP contribution in [0.1, 0.15) is 13.3 Å². The minimum absolute atomic E-state index is 0.249.